The average molecular weight is 411 g/mol. The van der Waals surface area contributed by atoms with Crippen LogP contribution in [0.3, 0.4) is 0 Å². The lowest BCUT2D eigenvalue weighted by Gasteiger charge is -2.31. The van der Waals surface area contributed by atoms with Gasteiger partial charge in [0, 0.05) is 13.7 Å². The highest BCUT2D eigenvalue weighted by Gasteiger charge is 2.35. The molecule has 164 valence electrons. The van der Waals surface area contributed by atoms with E-state index in [0.29, 0.717) is 19.6 Å². The van der Waals surface area contributed by atoms with Crippen LogP contribution in [0.2, 0.25) is 0 Å². The van der Waals surface area contributed by atoms with Gasteiger partial charge in [0.15, 0.2) is 0 Å². The molecule has 1 rings (SSSR count). The molecule has 0 fully saturated rings. The summed E-state index contributed by atoms with van der Waals surface area (Å²) in [5.41, 5.74) is 0.205. The standard InChI is InChI=1S/C21H34N2O6/c1-6-28-19(25)17(22-12-13-27-5)18(24)16(14-15-10-8-7-9-11-15)23-20(26)29-21(2,3)4/h7-11,16-18,22,24H,6,12-14H2,1-5H3,(H,23,26)/t16-,17+,18+/m0/s1. The van der Waals surface area contributed by atoms with Crippen molar-refractivity contribution in [2.45, 2.75) is 57.9 Å². The first kappa shape index (κ1) is 24.9. The predicted molar refractivity (Wildman–Crippen MR) is 110 cm³/mol. The maximum Gasteiger partial charge on any atom is 0.407 e. The van der Waals surface area contributed by atoms with Crippen molar-refractivity contribution in [1.29, 1.82) is 0 Å². The van der Waals surface area contributed by atoms with Crippen LogP contribution in [0.25, 0.3) is 0 Å². The Kier molecular flexibility index (Phi) is 10.6. The van der Waals surface area contributed by atoms with E-state index in [0.717, 1.165) is 5.56 Å². The summed E-state index contributed by atoms with van der Waals surface area (Å²) < 4.78 is 15.4. The van der Waals surface area contributed by atoms with Gasteiger partial charge < -0.3 is 24.6 Å². The van der Waals surface area contributed by atoms with E-state index in [4.69, 9.17) is 14.2 Å². The summed E-state index contributed by atoms with van der Waals surface area (Å²) in [5, 5.41) is 16.6. The summed E-state index contributed by atoms with van der Waals surface area (Å²) in [5.74, 6) is -0.597. The van der Waals surface area contributed by atoms with E-state index < -0.39 is 35.9 Å². The Morgan fingerprint density at radius 3 is 2.38 bits per heavy atom. The second kappa shape index (κ2) is 12.4. The molecule has 0 bridgehead atoms. The fraction of sp³-hybridized carbons (Fsp3) is 0.619. The summed E-state index contributed by atoms with van der Waals surface area (Å²) >= 11 is 0. The van der Waals surface area contributed by atoms with E-state index >= 15 is 0 Å². The number of carbonyl (C=O) groups excluding carboxylic acids is 2. The first-order valence-corrected chi connectivity index (χ1v) is 9.78. The average Bonchev–Trinajstić information content (AvgIpc) is 2.64. The molecule has 0 radical (unpaired) electrons. The molecule has 8 nitrogen and oxygen atoms in total. The Labute approximate surface area is 172 Å². The van der Waals surface area contributed by atoms with Crippen molar-refractivity contribution in [2.24, 2.45) is 0 Å². The molecule has 0 aliphatic rings. The van der Waals surface area contributed by atoms with Gasteiger partial charge in [0.1, 0.15) is 17.7 Å². The van der Waals surface area contributed by atoms with E-state index in [1.54, 1.807) is 34.8 Å². The van der Waals surface area contributed by atoms with Crippen LogP contribution in [-0.2, 0) is 25.4 Å². The van der Waals surface area contributed by atoms with E-state index in [1.165, 1.54) is 0 Å². The van der Waals surface area contributed by atoms with E-state index in [1.807, 2.05) is 30.3 Å². The first-order valence-electron chi connectivity index (χ1n) is 9.78. The van der Waals surface area contributed by atoms with E-state index in [-0.39, 0.29) is 6.61 Å². The molecule has 0 aromatic heterocycles. The molecule has 3 atom stereocenters. The highest BCUT2D eigenvalue weighted by molar-refractivity contribution is 5.77. The van der Waals surface area contributed by atoms with Crippen LogP contribution >= 0.6 is 0 Å². The SMILES string of the molecule is CCOC(=O)[C@H](NCCOC)[C@H](O)[C@H](Cc1ccccc1)NC(=O)OC(C)(C)C. The number of rotatable bonds is 11. The van der Waals surface area contributed by atoms with Crippen molar-refractivity contribution in [3.8, 4) is 0 Å². The second-order valence-corrected chi connectivity index (χ2v) is 7.61. The van der Waals surface area contributed by atoms with Crippen molar-refractivity contribution < 1.29 is 28.9 Å². The van der Waals surface area contributed by atoms with Crippen molar-refractivity contribution in [3.05, 3.63) is 35.9 Å². The number of aliphatic hydroxyl groups is 1. The summed E-state index contributed by atoms with van der Waals surface area (Å²) in [6.07, 6.45) is -1.61. The van der Waals surface area contributed by atoms with Crippen LogP contribution in [0.5, 0.6) is 0 Å². The van der Waals surface area contributed by atoms with Gasteiger partial charge in [-0.1, -0.05) is 30.3 Å². The van der Waals surface area contributed by atoms with Gasteiger partial charge in [-0.15, -0.1) is 0 Å². The number of methoxy groups -OCH3 is 1. The Morgan fingerprint density at radius 1 is 1.17 bits per heavy atom. The Hall–Kier alpha value is -2.16. The largest absolute Gasteiger partial charge is 0.465 e. The van der Waals surface area contributed by atoms with Gasteiger partial charge in [0.05, 0.1) is 19.3 Å². The third-order valence-electron chi connectivity index (χ3n) is 3.97. The van der Waals surface area contributed by atoms with Crippen molar-refractivity contribution in [3.63, 3.8) is 0 Å². The highest BCUT2D eigenvalue weighted by atomic mass is 16.6. The van der Waals surface area contributed by atoms with Crippen LogP contribution in [0.4, 0.5) is 4.79 Å². The van der Waals surface area contributed by atoms with Crippen LogP contribution in [0.1, 0.15) is 33.3 Å². The van der Waals surface area contributed by atoms with Crippen LogP contribution in [-0.4, -0.2) is 67.8 Å². The third kappa shape index (κ3) is 9.74. The number of amides is 1. The summed E-state index contributed by atoms with van der Waals surface area (Å²) in [7, 11) is 1.54. The molecule has 0 aliphatic heterocycles. The lowest BCUT2D eigenvalue weighted by molar-refractivity contribution is -0.149. The Morgan fingerprint density at radius 2 is 1.83 bits per heavy atom. The molecule has 0 aliphatic carbocycles. The molecule has 0 saturated heterocycles. The van der Waals surface area contributed by atoms with E-state index in [9.17, 15) is 14.7 Å². The minimum Gasteiger partial charge on any atom is -0.465 e. The minimum atomic E-state index is -1.25. The number of hydrogen-bond acceptors (Lipinski definition) is 7. The minimum absolute atomic E-state index is 0.177. The van der Waals surface area contributed by atoms with Crippen molar-refractivity contribution >= 4 is 12.1 Å². The van der Waals surface area contributed by atoms with E-state index in [2.05, 4.69) is 10.6 Å². The van der Waals surface area contributed by atoms with Crippen LogP contribution in [0.15, 0.2) is 30.3 Å². The zero-order valence-corrected chi connectivity index (χ0v) is 17.9. The van der Waals surface area contributed by atoms with Crippen molar-refractivity contribution in [2.75, 3.05) is 26.9 Å². The molecule has 0 spiro atoms. The second-order valence-electron chi connectivity index (χ2n) is 7.61. The molecular weight excluding hydrogens is 376 g/mol. The number of nitrogens with one attached hydrogen (secondary N) is 2. The molecule has 1 aromatic rings. The number of alkyl carbamates (subject to hydrolysis) is 1. The fourth-order valence-corrected chi connectivity index (χ4v) is 2.71. The summed E-state index contributed by atoms with van der Waals surface area (Å²) in [6, 6.07) is 7.56. The van der Waals surface area contributed by atoms with Gasteiger partial charge in [-0.05, 0) is 39.7 Å². The Bertz CT molecular complexity index is 617. The lowest BCUT2D eigenvalue weighted by atomic mass is 9.96. The van der Waals surface area contributed by atoms with Gasteiger partial charge in [-0.2, -0.15) is 0 Å². The molecular formula is C21H34N2O6. The van der Waals surface area contributed by atoms with Crippen LogP contribution in [0, 0.1) is 0 Å². The highest BCUT2D eigenvalue weighted by Crippen LogP contribution is 2.13. The van der Waals surface area contributed by atoms with Gasteiger partial charge in [-0.25, -0.2) is 4.79 Å². The molecule has 0 heterocycles. The van der Waals surface area contributed by atoms with Gasteiger partial charge >= 0.3 is 12.1 Å². The van der Waals surface area contributed by atoms with Gasteiger partial charge in [0.25, 0.3) is 0 Å². The maximum absolute atomic E-state index is 12.4. The molecule has 0 unspecified atom stereocenters. The molecule has 1 aromatic carbocycles. The number of benzene rings is 1. The zero-order chi connectivity index (χ0) is 21.9. The normalized spacial score (nSPS) is 14.6. The quantitative estimate of drug-likeness (QED) is 0.376. The number of hydrogen-bond donors (Lipinski definition) is 3. The van der Waals surface area contributed by atoms with Crippen LogP contribution < -0.4 is 10.6 Å². The summed E-state index contributed by atoms with van der Waals surface area (Å²) in [6.45, 7) is 7.82. The fourth-order valence-electron chi connectivity index (χ4n) is 2.71. The topological polar surface area (TPSA) is 106 Å². The molecule has 8 heteroatoms. The monoisotopic (exact) mass is 410 g/mol. The Balaban J connectivity index is 3.03. The van der Waals surface area contributed by atoms with Gasteiger partial charge in [0.2, 0.25) is 0 Å². The number of carbonyl (C=O) groups is 2. The van der Waals surface area contributed by atoms with Gasteiger partial charge in [-0.3, -0.25) is 10.1 Å². The molecule has 3 N–H and O–H groups in total. The third-order valence-corrected chi connectivity index (χ3v) is 3.97. The zero-order valence-electron chi connectivity index (χ0n) is 17.9. The maximum atomic E-state index is 12.4. The molecule has 1 amide bonds. The first-order chi connectivity index (χ1) is 13.7. The lowest BCUT2D eigenvalue weighted by Crippen LogP contribution is -2.58. The summed E-state index contributed by atoms with van der Waals surface area (Å²) in [4.78, 5) is 24.8. The number of ether oxygens (including phenoxy) is 3. The molecule has 29 heavy (non-hydrogen) atoms. The van der Waals surface area contributed by atoms with Crippen molar-refractivity contribution in [1.82, 2.24) is 10.6 Å². The smallest absolute Gasteiger partial charge is 0.407 e. The number of aliphatic hydroxyl groups excluding tert-OH is 1. The number of esters is 1. The molecule has 0 saturated carbocycles. The predicted octanol–water partition coefficient (Wildman–Crippen LogP) is 1.65.